The van der Waals surface area contributed by atoms with Crippen molar-refractivity contribution in [3.63, 3.8) is 0 Å². The highest BCUT2D eigenvalue weighted by atomic mass is 16.5. The van der Waals surface area contributed by atoms with Gasteiger partial charge >= 0.3 is 0 Å². The first-order valence-electron chi connectivity index (χ1n) is 6.10. The van der Waals surface area contributed by atoms with E-state index in [1.54, 1.807) is 11.8 Å². The van der Waals surface area contributed by atoms with Crippen LogP contribution in [-0.2, 0) is 18.3 Å². The molecule has 2 rings (SSSR count). The number of ether oxygens (including phenoxy) is 2. The summed E-state index contributed by atoms with van der Waals surface area (Å²) in [6.45, 7) is 4.50. The summed E-state index contributed by atoms with van der Waals surface area (Å²) in [5, 5.41) is 7.87. The van der Waals surface area contributed by atoms with Gasteiger partial charge in [0.05, 0.1) is 25.0 Å². The molecule has 1 aromatic heterocycles. The Morgan fingerprint density at radius 1 is 1.59 bits per heavy atom. The molecule has 5 heteroatoms. The highest BCUT2D eigenvalue weighted by Gasteiger charge is 2.17. The van der Waals surface area contributed by atoms with Gasteiger partial charge in [0.15, 0.2) is 0 Å². The monoisotopic (exact) mass is 239 g/mol. The molecule has 1 unspecified atom stereocenters. The summed E-state index contributed by atoms with van der Waals surface area (Å²) < 4.78 is 12.6. The quantitative estimate of drug-likeness (QED) is 0.851. The fraction of sp³-hybridized carbons (Fsp3) is 0.750. The van der Waals surface area contributed by atoms with Gasteiger partial charge in [0.25, 0.3) is 0 Å². The molecule has 1 aliphatic heterocycles. The Hall–Kier alpha value is -1.07. The second-order valence-corrected chi connectivity index (χ2v) is 4.49. The molecule has 0 saturated carbocycles. The summed E-state index contributed by atoms with van der Waals surface area (Å²) in [5.41, 5.74) is 2.16. The molecule has 96 valence electrons. The van der Waals surface area contributed by atoms with Crippen molar-refractivity contribution < 1.29 is 9.47 Å². The van der Waals surface area contributed by atoms with Gasteiger partial charge in [0.2, 0.25) is 5.88 Å². The van der Waals surface area contributed by atoms with Gasteiger partial charge in [-0.05, 0) is 19.8 Å². The first kappa shape index (κ1) is 12.4. The Labute approximate surface area is 102 Å². The van der Waals surface area contributed by atoms with E-state index in [0.717, 1.165) is 43.3 Å². The number of hydrogen-bond acceptors (Lipinski definition) is 4. The number of aromatic nitrogens is 2. The van der Waals surface area contributed by atoms with Crippen LogP contribution in [0.25, 0.3) is 0 Å². The van der Waals surface area contributed by atoms with Crippen LogP contribution in [0.5, 0.6) is 5.88 Å². The molecule has 1 fully saturated rings. The van der Waals surface area contributed by atoms with Crippen LogP contribution in [0.3, 0.4) is 0 Å². The average Bonchev–Trinajstić information content (AvgIpc) is 2.62. The Kier molecular flexibility index (Phi) is 4.02. The van der Waals surface area contributed by atoms with Gasteiger partial charge < -0.3 is 14.8 Å². The van der Waals surface area contributed by atoms with E-state index in [1.165, 1.54) is 6.42 Å². The van der Waals surface area contributed by atoms with Gasteiger partial charge in [-0.2, -0.15) is 5.10 Å². The molecule has 1 aliphatic rings. The van der Waals surface area contributed by atoms with Crippen molar-refractivity contribution in [3.8, 4) is 5.88 Å². The maximum absolute atomic E-state index is 5.45. The van der Waals surface area contributed by atoms with Crippen molar-refractivity contribution >= 4 is 0 Å². The zero-order chi connectivity index (χ0) is 12.3. The average molecular weight is 239 g/mol. The predicted octanol–water partition coefficient (Wildman–Crippen LogP) is 1.01. The lowest BCUT2D eigenvalue weighted by atomic mass is 10.1. The van der Waals surface area contributed by atoms with Crippen molar-refractivity contribution in [2.24, 2.45) is 7.05 Å². The molecule has 0 bridgehead atoms. The third kappa shape index (κ3) is 2.79. The third-order valence-corrected chi connectivity index (χ3v) is 3.21. The number of methoxy groups -OCH3 is 1. The molecule has 1 N–H and O–H groups in total. The summed E-state index contributed by atoms with van der Waals surface area (Å²) >= 11 is 0. The van der Waals surface area contributed by atoms with Gasteiger partial charge in [-0.3, -0.25) is 0 Å². The van der Waals surface area contributed by atoms with Crippen LogP contribution in [-0.4, -0.2) is 36.1 Å². The molecule has 1 saturated heterocycles. The summed E-state index contributed by atoms with van der Waals surface area (Å²) in [5.74, 6) is 0.840. The lowest BCUT2D eigenvalue weighted by molar-refractivity contribution is 0.0698. The number of nitrogens with zero attached hydrogens (tertiary/aromatic N) is 2. The van der Waals surface area contributed by atoms with Gasteiger partial charge in [0.1, 0.15) is 0 Å². The number of nitrogens with one attached hydrogen (secondary N) is 1. The molecule has 2 heterocycles. The van der Waals surface area contributed by atoms with E-state index >= 15 is 0 Å². The topological polar surface area (TPSA) is 48.3 Å². The highest BCUT2D eigenvalue weighted by Crippen LogP contribution is 2.21. The van der Waals surface area contributed by atoms with Crippen LogP contribution in [0.1, 0.15) is 24.1 Å². The van der Waals surface area contributed by atoms with Crippen molar-refractivity contribution in [3.05, 3.63) is 11.3 Å². The summed E-state index contributed by atoms with van der Waals surface area (Å²) in [6.07, 6.45) is 2.32. The highest BCUT2D eigenvalue weighted by molar-refractivity contribution is 5.30. The lowest BCUT2D eigenvalue weighted by Gasteiger charge is -2.23. The van der Waals surface area contributed by atoms with Gasteiger partial charge in [0, 0.05) is 26.2 Å². The first-order chi connectivity index (χ1) is 8.22. The summed E-state index contributed by atoms with van der Waals surface area (Å²) in [4.78, 5) is 0. The summed E-state index contributed by atoms with van der Waals surface area (Å²) in [7, 11) is 3.59. The normalized spacial score (nSPS) is 20.5. The molecule has 0 radical (unpaired) electrons. The Morgan fingerprint density at radius 3 is 3.06 bits per heavy atom. The standard InChI is InChI=1S/C12H21N3O2/c1-9-11(12(16-3)15(2)14-9)7-13-10-5-4-6-17-8-10/h10,13H,4-8H2,1-3H3. The van der Waals surface area contributed by atoms with Crippen molar-refractivity contribution in [2.75, 3.05) is 20.3 Å². The van der Waals surface area contributed by atoms with Crippen LogP contribution in [0.4, 0.5) is 0 Å². The van der Waals surface area contributed by atoms with E-state index in [2.05, 4.69) is 10.4 Å². The number of rotatable bonds is 4. The van der Waals surface area contributed by atoms with Crippen molar-refractivity contribution in [1.29, 1.82) is 0 Å². The zero-order valence-electron chi connectivity index (χ0n) is 10.8. The fourth-order valence-corrected chi connectivity index (χ4v) is 2.29. The maximum Gasteiger partial charge on any atom is 0.216 e. The molecular formula is C12H21N3O2. The third-order valence-electron chi connectivity index (χ3n) is 3.21. The van der Waals surface area contributed by atoms with E-state index in [-0.39, 0.29) is 0 Å². The molecule has 0 amide bonds. The van der Waals surface area contributed by atoms with E-state index in [0.29, 0.717) is 6.04 Å². The van der Waals surface area contributed by atoms with Crippen molar-refractivity contribution in [2.45, 2.75) is 32.4 Å². The van der Waals surface area contributed by atoms with Crippen LogP contribution >= 0.6 is 0 Å². The van der Waals surface area contributed by atoms with E-state index in [9.17, 15) is 0 Å². The molecule has 0 spiro atoms. The molecule has 17 heavy (non-hydrogen) atoms. The largest absolute Gasteiger partial charge is 0.481 e. The smallest absolute Gasteiger partial charge is 0.216 e. The van der Waals surface area contributed by atoms with Gasteiger partial charge in [-0.25, -0.2) is 4.68 Å². The maximum atomic E-state index is 5.45. The number of aryl methyl sites for hydroxylation is 2. The predicted molar refractivity (Wildman–Crippen MR) is 65.2 cm³/mol. The second kappa shape index (κ2) is 5.51. The minimum Gasteiger partial charge on any atom is -0.481 e. The molecule has 0 aliphatic carbocycles. The summed E-state index contributed by atoms with van der Waals surface area (Å²) in [6, 6.07) is 0.452. The zero-order valence-corrected chi connectivity index (χ0v) is 10.8. The number of hydrogen-bond donors (Lipinski definition) is 1. The minimum absolute atomic E-state index is 0.452. The second-order valence-electron chi connectivity index (χ2n) is 4.49. The van der Waals surface area contributed by atoms with Gasteiger partial charge in [-0.15, -0.1) is 0 Å². The molecule has 1 aromatic rings. The molecule has 1 atom stereocenters. The van der Waals surface area contributed by atoms with Crippen molar-refractivity contribution in [1.82, 2.24) is 15.1 Å². The Balaban J connectivity index is 1.97. The van der Waals surface area contributed by atoms with E-state index in [1.807, 2.05) is 14.0 Å². The first-order valence-corrected chi connectivity index (χ1v) is 6.10. The minimum atomic E-state index is 0.452. The Morgan fingerprint density at radius 2 is 2.41 bits per heavy atom. The molecule has 0 aromatic carbocycles. The lowest BCUT2D eigenvalue weighted by Crippen LogP contribution is -2.36. The fourth-order valence-electron chi connectivity index (χ4n) is 2.29. The van der Waals surface area contributed by atoms with E-state index in [4.69, 9.17) is 9.47 Å². The SMILES string of the molecule is COc1c(CNC2CCCOC2)c(C)nn1C. The van der Waals surface area contributed by atoms with Crippen LogP contribution in [0.15, 0.2) is 0 Å². The van der Waals surface area contributed by atoms with Gasteiger partial charge in [-0.1, -0.05) is 0 Å². The molecule has 5 nitrogen and oxygen atoms in total. The molecular weight excluding hydrogens is 218 g/mol. The van der Waals surface area contributed by atoms with Crippen LogP contribution in [0.2, 0.25) is 0 Å². The Bertz CT molecular complexity index is 370. The van der Waals surface area contributed by atoms with Crippen LogP contribution < -0.4 is 10.1 Å². The van der Waals surface area contributed by atoms with E-state index < -0.39 is 0 Å². The van der Waals surface area contributed by atoms with Crippen LogP contribution in [0, 0.1) is 6.92 Å².